The van der Waals surface area contributed by atoms with Gasteiger partial charge < -0.3 is 0 Å². The molecule has 0 aliphatic rings. The Morgan fingerprint density at radius 3 is 2.38 bits per heavy atom. The molecule has 0 heterocycles. The lowest BCUT2D eigenvalue weighted by Crippen LogP contribution is -1.81. The molecule has 0 bridgehead atoms. The van der Waals surface area contributed by atoms with Crippen LogP contribution in [0.2, 0.25) is 0 Å². The van der Waals surface area contributed by atoms with E-state index in [1.165, 1.54) is 16.2 Å². The maximum absolute atomic E-state index is 7.28. The third-order valence-electron chi connectivity index (χ3n) is 2.92. The van der Waals surface area contributed by atoms with E-state index in [-0.39, 0.29) is 0 Å². The highest BCUT2D eigenvalue weighted by Crippen LogP contribution is 2.26. The summed E-state index contributed by atoms with van der Waals surface area (Å²) in [5, 5.41) is 4.75. The maximum atomic E-state index is 7.28. The summed E-state index contributed by atoms with van der Waals surface area (Å²) in [7, 11) is 0. The van der Waals surface area contributed by atoms with Crippen molar-refractivity contribution in [2.75, 3.05) is 0 Å². The molecule has 0 saturated carbocycles. The van der Waals surface area contributed by atoms with E-state index < -0.39 is 0 Å². The summed E-state index contributed by atoms with van der Waals surface area (Å²) in [5.41, 5.74) is 0.850. The predicted molar refractivity (Wildman–Crippen MR) is 67.7 cm³/mol. The van der Waals surface area contributed by atoms with E-state index in [1.54, 1.807) is 0 Å². The monoisotopic (exact) mass is 201 g/mol. The zero-order valence-corrected chi connectivity index (χ0v) is 8.70. The summed E-state index contributed by atoms with van der Waals surface area (Å²) < 4.78 is 0. The fourth-order valence-corrected chi connectivity index (χ4v) is 2.15. The highest BCUT2D eigenvalue weighted by atomic mass is 14.0. The molecule has 3 aromatic carbocycles. The number of benzene rings is 3. The maximum Gasteiger partial charge on any atom is 0.0334 e. The number of rotatable bonds is 0. The second-order valence-electron chi connectivity index (χ2n) is 3.81. The largest absolute Gasteiger partial charge is 0.0616 e. The number of hydrogen-bond donors (Lipinski definition) is 0. The van der Waals surface area contributed by atoms with Crippen molar-refractivity contribution in [2.45, 2.75) is 0 Å². The van der Waals surface area contributed by atoms with Crippen molar-refractivity contribution >= 4 is 21.5 Å². The summed E-state index contributed by atoms with van der Waals surface area (Å²) in [6.45, 7) is 0. The molecule has 1 radical (unpaired) electrons. The first-order valence-corrected chi connectivity index (χ1v) is 5.23. The SMILES string of the molecule is [C]#Cc1cccc2c1ccc1ccccc12. The van der Waals surface area contributed by atoms with Crippen molar-refractivity contribution in [3.8, 4) is 5.92 Å². The topological polar surface area (TPSA) is 0 Å². The van der Waals surface area contributed by atoms with Crippen LogP contribution >= 0.6 is 0 Å². The van der Waals surface area contributed by atoms with Gasteiger partial charge in [-0.25, -0.2) is 0 Å². The van der Waals surface area contributed by atoms with Gasteiger partial charge in [-0.1, -0.05) is 54.5 Å². The molecule has 3 rings (SSSR count). The van der Waals surface area contributed by atoms with E-state index in [9.17, 15) is 0 Å². The van der Waals surface area contributed by atoms with Crippen molar-refractivity contribution in [3.05, 3.63) is 66.6 Å². The number of hydrogen-bond acceptors (Lipinski definition) is 0. The highest BCUT2D eigenvalue weighted by molar-refractivity contribution is 6.08. The van der Waals surface area contributed by atoms with E-state index in [1.807, 2.05) is 24.3 Å². The zero-order valence-electron chi connectivity index (χ0n) is 8.70. The van der Waals surface area contributed by atoms with Gasteiger partial charge in [0.1, 0.15) is 0 Å². The molecule has 3 aromatic rings. The van der Waals surface area contributed by atoms with Crippen molar-refractivity contribution in [1.29, 1.82) is 0 Å². The van der Waals surface area contributed by atoms with Gasteiger partial charge in [0.15, 0.2) is 0 Å². The van der Waals surface area contributed by atoms with Crippen molar-refractivity contribution < 1.29 is 0 Å². The Hall–Kier alpha value is -2.26. The first kappa shape index (κ1) is 9.00. The van der Waals surface area contributed by atoms with Crippen LogP contribution in [0.4, 0.5) is 0 Å². The molecule has 0 spiro atoms. The van der Waals surface area contributed by atoms with Crippen LogP contribution in [0.25, 0.3) is 21.5 Å². The minimum Gasteiger partial charge on any atom is -0.0616 e. The Kier molecular flexibility index (Phi) is 1.91. The lowest BCUT2D eigenvalue weighted by Gasteiger charge is -2.05. The van der Waals surface area contributed by atoms with Gasteiger partial charge >= 0.3 is 0 Å². The molecular weight excluding hydrogens is 192 g/mol. The van der Waals surface area contributed by atoms with E-state index in [0.717, 1.165) is 10.9 Å². The van der Waals surface area contributed by atoms with E-state index >= 15 is 0 Å². The van der Waals surface area contributed by atoms with Crippen LogP contribution in [0.15, 0.2) is 54.6 Å². The normalized spacial score (nSPS) is 10.4. The van der Waals surface area contributed by atoms with Crippen LogP contribution in [0.1, 0.15) is 5.56 Å². The Morgan fingerprint density at radius 1 is 0.688 bits per heavy atom. The minimum atomic E-state index is 0.850. The standard InChI is InChI=1S/C16H9/c1-2-12-7-5-9-16-14-8-4-3-6-13(14)10-11-15(12)16/h3-11H. The molecular formula is C16H9. The Labute approximate surface area is 94.5 Å². The molecule has 0 aliphatic carbocycles. The van der Waals surface area contributed by atoms with Crippen LogP contribution < -0.4 is 0 Å². The average Bonchev–Trinajstić information content (AvgIpc) is 2.37. The zero-order chi connectivity index (χ0) is 11.0. The first-order valence-electron chi connectivity index (χ1n) is 5.23. The van der Waals surface area contributed by atoms with Gasteiger partial charge in [-0.05, 0) is 34.0 Å². The van der Waals surface area contributed by atoms with Gasteiger partial charge in [0, 0.05) is 5.56 Å². The van der Waals surface area contributed by atoms with Gasteiger partial charge in [0.05, 0.1) is 0 Å². The molecule has 0 saturated heterocycles. The predicted octanol–water partition coefficient (Wildman–Crippen LogP) is 3.93. The average molecular weight is 201 g/mol. The molecule has 0 unspecified atom stereocenters. The summed E-state index contributed by atoms with van der Waals surface area (Å²) in [6, 6.07) is 18.5. The van der Waals surface area contributed by atoms with E-state index in [4.69, 9.17) is 6.42 Å². The molecule has 0 nitrogen and oxygen atoms in total. The van der Waals surface area contributed by atoms with Crippen LogP contribution in [-0.2, 0) is 0 Å². The molecule has 0 aromatic heterocycles. The van der Waals surface area contributed by atoms with Crippen LogP contribution in [0.3, 0.4) is 0 Å². The Bertz CT molecular complexity index is 715. The van der Waals surface area contributed by atoms with Gasteiger partial charge in [-0.2, -0.15) is 0 Å². The summed E-state index contributed by atoms with van der Waals surface area (Å²) >= 11 is 0. The first-order chi connectivity index (χ1) is 7.90. The van der Waals surface area contributed by atoms with Gasteiger partial charge in [0.2, 0.25) is 0 Å². The summed E-state index contributed by atoms with van der Waals surface area (Å²) in [6.07, 6.45) is 7.28. The fourth-order valence-electron chi connectivity index (χ4n) is 2.15. The van der Waals surface area contributed by atoms with Gasteiger partial charge in [-0.15, -0.1) is 0 Å². The molecule has 0 heteroatoms. The van der Waals surface area contributed by atoms with E-state index in [2.05, 4.69) is 36.3 Å². The fraction of sp³-hybridized carbons (Fsp3) is 0. The minimum absolute atomic E-state index is 0.850. The molecule has 0 N–H and O–H groups in total. The van der Waals surface area contributed by atoms with Crippen LogP contribution in [-0.4, -0.2) is 0 Å². The smallest absolute Gasteiger partial charge is 0.0334 e. The lowest BCUT2D eigenvalue weighted by atomic mass is 9.99. The van der Waals surface area contributed by atoms with Crippen molar-refractivity contribution in [3.63, 3.8) is 0 Å². The van der Waals surface area contributed by atoms with Crippen LogP contribution in [0.5, 0.6) is 0 Å². The quantitative estimate of drug-likeness (QED) is 0.382. The molecule has 0 fully saturated rings. The van der Waals surface area contributed by atoms with E-state index in [0.29, 0.717) is 0 Å². The second kappa shape index (κ2) is 3.40. The van der Waals surface area contributed by atoms with Crippen LogP contribution in [0, 0.1) is 12.3 Å². The summed E-state index contributed by atoms with van der Waals surface area (Å²) in [4.78, 5) is 0. The molecule has 0 atom stereocenters. The van der Waals surface area contributed by atoms with Gasteiger partial charge in [-0.3, -0.25) is 0 Å². The Morgan fingerprint density at radius 2 is 1.50 bits per heavy atom. The lowest BCUT2D eigenvalue weighted by molar-refractivity contribution is 1.72. The van der Waals surface area contributed by atoms with Crippen molar-refractivity contribution in [2.24, 2.45) is 0 Å². The second-order valence-corrected chi connectivity index (χ2v) is 3.81. The molecule has 0 aliphatic heterocycles. The summed E-state index contributed by atoms with van der Waals surface area (Å²) in [5.74, 6) is 2.48. The molecule has 16 heavy (non-hydrogen) atoms. The highest BCUT2D eigenvalue weighted by Gasteiger charge is 2.02. The van der Waals surface area contributed by atoms with Gasteiger partial charge in [0.25, 0.3) is 0 Å². The number of fused-ring (bicyclic) bond motifs is 3. The molecule has 73 valence electrons. The third kappa shape index (κ3) is 1.19. The van der Waals surface area contributed by atoms with Crippen molar-refractivity contribution in [1.82, 2.24) is 0 Å². The Balaban J connectivity index is 2.58. The molecule has 0 amide bonds. The third-order valence-corrected chi connectivity index (χ3v) is 2.92.